The molecule has 1 heterocycles. The van der Waals surface area contributed by atoms with Crippen LogP contribution in [-0.2, 0) is 21.2 Å². The smallest absolute Gasteiger partial charge is 0.410 e. The average Bonchev–Trinajstić information content (AvgIpc) is 3.43. The average molecular weight is 475 g/mol. The molecule has 1 aliphatic heterocycles. The first-order valence-corrected chi connectivity index (χ1v) is 13.1. The van der Waals surface area contributed by atoms with Gasteiger partial charge in [0.1, 0.15) is 11.4 Å². The molecule has 33 heavy (non-hydrogen) atoms. The molecule has 0 radical (unpaired) electrons. The Labute approximate surface area is 195 Å². The number of hydrogen-bond donors (Lipinski definition) is 1. The van der Waals surface area contributed by atoms with Crippen LogP contribution in [0.5, 0.6) is 0 Å². The van der Waals surface area contributed by atoms with E-state index in [1.165, 1.54) is 0 Å². The molecule has 2 atom stereocenters. The minimum Gasteiger partial charge on any atom is -0.444 e. The highest BCUT2D eigenvalue weighted by Gasteiger charge is 2.61. The highest BCUT2D eigenvalue weighted by molar-refractivity contribution is 7.88. The summed E-state index contributed by atoms with van der Waals surface area (Å²) >= 11 is 0. The number of halogens is 1. The number of nitrogens with zero attached hydrogens (tertiary/aromatic N) is 1. The minimum absolute atomic E-state index is 0.181. The molecule has 2 aliphatic rings. The van der Waals surface area contributed by atoms with E-state index in [9.17, 15) is 13.2 Å². The first kappa shape index (κ1) is 23.7. The van der Waals surface area contributed by atoms with Crippen molar-refractivity contribution in [1.29, 1.82) is 0 Å². The lowest BCUT2D eigenvalue weighted by Crippen LogP contribution is -2.50. The van der Waals surface area contributed by atoms with E-state index in [1.54, 1.807) is 43.9 Å². The van der Waals surface area contributed by atoms with Gasteiger partial charge in [-0.25, -0.2) is 22.3 Å². The van der Waals surface area contributed by atoms with Crippen LogP contribution in [0.3, 0.4) is 0 Å². The summed E-state index contributed by atoms with van der Waals surface area (Å²) in [5.41, 5.74) is 0.644. The lowest BCUT2D eigenvalue weighted by atomic mass is 9.91. The Morgan fingerprint density at radius 3 is 2.39 bits per heavy atom. The van der Waals surface area contributed by atoms with Crippen LogP contribution in [0.15, 0.2) is 48.5 Å². The third-order valence-corrected chi connectivity index (χ3v) is 7.07. The number of hydrogen-bond acceptors (Lipinski definition) is 4. The van der Waals surface area contributed by atoms with Crippen LogP contribution in [0.2, 0.25) is 0 Å². The van der Waals surface area contributed by atoms with Crippen molar-refractivity contribution in [2.45, 2.75) is 57.7 Å². The van der Waals surface area contributed by atoms with Gasteiger partial charge in [0.2, 0.25) is 10.0 Å². The maximum Gasteiger partial charge on any atom is 0.410 e. The Bertz CT molecular complexity index is 1140. The molecule has 2 aromatic carbocycles. The zero-order valence-corrected chi connectivity index (χ0v) is 20.3. The molecule has 2 unspecified atom stereocenters. The zero-order valence-electron chi connectivity index (χ0n) is 19.5. The molecule has 4 rings (SSSR count). The fraction of sp³-hybridized carbons (Fsp3) is 0.480. The number of likely N-dealkylation sites (tertiary alicyclic amines) is 1. The number of sulfonamides is 1. The normalized spacial score (nSPS) is 21.9. The number of nitrogens with one attached hydrogen (secondary N) is 1. The third-order valence-electron chi connectivity index (χ3n) is 6.38. The van der Waals surface area contributed by atoms with Crippen molar-refractivity contribution in [2.75, 3.05) is 12.8 Å². The molecular formula is C25H31FN2O4S. The van der Waals surface area contributed by atoms with Gasteiger partial charge in [-0.3, -0.25) is 0 Å². The Kier molecular flexibility index (Phi) is 6.03. The maximum absolute atomic E-state index is 15.6. The van der Waals surface area contributed by atoms with Crippen molar-refractivity contribution in [3.8, 4) is 11.1 Å². The van der Waals surface area contributed by atoms with Crippen molar-refractivity contribution < 1.29 is 22.3 Å². The van der Waals surface area contributed by atoms with Crippen LogP contribution >= 0.6 is 0 Å². The molecule has 178 valence electrons. The number of ether oxygens (including phenoxy) is 1. The van der Waals surface area contributed by atoms with Gasteiger partial charge in [-0.15, -0.1) is 0 Å². The molecule has 1 aliphatic carbocycles. The number of benzene rings is 2. The third kappa shape index (κ3) is 5.22. The van der Waals surface area contributed by atoms with Crippen LogP contribution < -0.4 is 4.72 Å². The summed E-state index contributed by atoms with van der Waals surface area (Å²) in [6, 6.07) is 13.4. The summed E-state index contributed by atoms with van der Waals surface area (Å²) in [6.07, 6.45) is 2.41. The molecule has 1 saturated carbocycles. The number of amides is 1. The molecule has 1 amide bonds. The van der Waals surface area contributed by atoms with Crippen molar-refractivity contribution in [2.24, 2.45) is 5.41 Å². The number of carbonyl (C=O) groups excluding carboxylic acids is 1. The molecule has 0 aromatic heterocycles. The Morgan fingerprint density at radius 2 is 1.82 bits per heavy atom. The summed E-state index contributed by atoms with van der Waals surface area (Å²) in [4.78, 5) is 14.7. The quantitative estimate of drug-likeness (QED) is 0.699. The van der Waals surface area contributed by atoms with Gasteiger partial charge in [-0.1, -0.05) is 48.5 Å². The summed E-state index contributed by atoms with van der Waals surface area (Å²) in [7, 11) is -3.53. The van der Waals surface area contributed by atoms with Crippen LogP contribution in [0.1, 0.15) is 39.2 Å². The Hall–Kier alpha value is -2.45. The van der Waals surface area contributed by atoms with Crippen LogP contribution in [-0.4, -0.2) is 49.9 Å². The largest absolute Gasteiger partial charge is 0.444 e. The first-order valence-electron chi connectivity index (χ1n) is 11.2. The summed E-state index contributed by atoms with van der Waals surface area (Å²) in [5, 5.41) is 0. The maximum atomic E-state index is 15.6. The predicted octanol–water partition coefficient (Wildman–Crippen LogP) is 4.35. The van der Waals surface area contributed by atoms with E-state index >= 15 is 4.39 Å². The Balaban J connectivity index is 1.71. The molecule has 1 saturated heterocycles. The van der Waals surface area contributed by atoms with E-state index in [0.717, 1.165) is 24.7 Å². The van der Waals surface area contributed by atoms with Gasteiger partial charge in [-0.2, -0.15) is 0 Å². The van der Waals surface area contributed by atoms with E-state index < -0.39 is 33.8 Å². The highest BCUT2D eigenvalue weighted by Crippen LogP contribution is 2.55. The van der Waals surface area contributed by atoms with Gasteiger partial charge in [0.05, 0.1) is 12.3 Å². The SMILES string of the molecule is CC(C)(C)OC(=O)N1CC2(CC2)C(NS(C)(=O)=O)C1Cc1cccc(-c2ccccc2)c1F. The highest BCUT2D eigenvalue weighted by atomic mass is 32.2. The van der Waals surface area contributed by atoms with E-state index in [-0.39, 0.29) is 17.7 Å². The van der Waals surface area contributed by atoms with Crippen molar-refractivity contribution in [1.82, 2.24) is 9.62 Å². The Morgan fingerprint density at radius 1 is 1.15 bits per heavy atom. The van der Waals surface area contributed by atoms with Gasteiger partial charge in [-0.05, 0) is 51.2 Å². The molecular weight excluding hydrogens is 443 g/mol. The predicted molar refractivity (Wildman–Crippen MR) is 126 cm³/mol. The summed E-state index contributed by atoms with van der Waals surface area (Å²) < 4.78 is 48.4. The first-order chi connectivity index (χ1) is 15.4. The number of carbonyl (C=O) groups is 1. The summed E-state index contributed by atoms with van der Waals surface area (Å²) in [6.45, 7) is 5.76. The molecule has 1 N–H and O–H groups in total. The molecule has 6 nitrogen and oxygen atoms in total. The van der Waals surface area contributed by atoms with E-state index in [4.69, 9.17) is 4.74 Å². The standard InChI is InChI=1S/C25H31FN2O4S/c1-24(2,3)32-23(29)28-16-25(13-14-25)22(27-33(4,30)31)20(28)15-18-11-8-12-19(21(18)26)17-9-6-5-7-10-17/h5-12,20,22,27H,13-16H2,1-4H3. The molecule has 0 bridgehead atoms. The molecule has 2 aromatic rings. The second-order valence-electron chi connectivity index (χ2n) is 10.3. The topological polar surface area (TPSA) is 75.7 Å². The molecule has 1 spiro atoms. The summed E-state index contributed by atoms with van der Waals surface area (Å²) in [5.74, 6) is -0.359. The van der Waals surface area contributed by atoms with Gasteiger partial charge in [0.25, 0.3) is 0 Å². The van der Waals surface area contributed by atoms with Gasteiger partial charge >= 0.3 is 6.09 Å². The van der Waals surface area contributed by atoms with E-state index in [0.29, 0.717) is 17.7 Å². The van der Waals surface area contributed by atoms with E-state index in [2.05, 4.69) is 4.72 Å². The van der Waals surface area contributed by atoms with Crippen LogP contribution in [0.4, 0.5) is 9.18 Å². The van der Waals surface area contributed by atoms with Crippen molar-refractivity contribution in [3.63, 3.8) is 0 Å². The van der Waals surface area contributed by atoms with Crippen LogP contribution in [0, 0.1) is 11.2 Å². The molecule has 2 fully saturated rings. The lowest BCUT2D eigenvalue weighted by Gasteiger charge is -2.31. The van der Waals surface area contributed by atoms with Gasteiger partial charge < -0.3 is 9.64 Å². The lowest BCUT2D eigenvalue weighted by molar-refractivity contribution is 0.0213. The second kappa shape index (κ2) is 8.40. The van der Waals surface area contributed by atoms with Gasteiger partial charge in [0.15, 0.2) is 0 Å². The van der Waals surface area contributed by atoms with Crippen LogP contribution in [0.25, 0.3) is 11.1 Å². The van der Waals surface area contributed by atoms with Crippen molar-refractivity contribution in [3.05, 3.63) is 59.9 Å². The van der Waals surface area contributed by atoms with Gasteiger partial charge in [0, 0.05) is 23.6 Å². The fourth-order valence-corrected chi connectivity index (χ4v) is 5.63. The van der Waals surface area contributed by atoms with Crippen molar-refractivity contribution >= 4 is 16.1 Å². The second-order valence-corrected chi connectivity index (χ2v) is 12.0. The molecule has 8 heteroatoms. The minimum atomic E-state index is -3.53. The zero-order chi connectivity index (χ0) is 24.0. The van der Waals surface area contributed by atoms with E-state index in [1.807, 2.05) is 30.3 Å². The fourth-order valence-electron chi connectivity index (χ4n) is 4.76. The number of rotatable bonds is 5. The monoisotopic (exact) mass is 474 g/mol.